The molecule has 0 bridgehead atoms. The first-order valence-electron chi connectivity index (χ1n) is 7.23. The molecule has 4 N–H and O–H groups in total. The molecule has 0 saturated heterocycles. The minimum absolute atomic E-state index is 0. The maximum Gasteiger partial charge on any atom is 0.261 e. The Bertz CT molecular complexity index is 633. The lowest BCUT2D eigenvalue weighted by Crippen LogP contribution is -2.27. The quantitative estimate of drug-likeness (QED) is 0.665. The topological polar surface area (TPSA) is 93.4 Å². The summed E-state index contributed by atoms with van der Waals surface area (Å²) in [6.45, 7) is 1.20. The zero-order valence-corrected chi connectivity index (χ0v) is 14.6. The predicted octanol–water partition coefficient (Wildman–Crippen LogP) is 2.27. The first-order chi connectivity index (χ1) is 11.2. The van der Waals surface area contributed by atoms with Crippen molar-refractivity contribution < 1.29 is 14.3 Å². The molecule has 0 radical (unpaired) electrons. The standard InChI is InChI=1S/C16H19N3O3S.ClH/c17-8-10-22-13-5-3-12(4-6-13)19-15(20)7-9-18-16(21)14-2-1-11-23-14;/h1-6,11H,7-10,17H2,(H,18,21)(H,19,20);1H. The van der Waals surface area contributed by atoms with Gasteiger partial charge >= 0.3 is 0 Å². The molecule has 0 aliphatic carbocycles. The van der Waals surface area contributed by atoms with Gasteiger partial charge < -0.3 is 21.1 Å². The summed E-state index contributed by atoms with van der Waals surface area (Å²) >= 11 is 1.37. The summed E-state index contributed by atoms with van der Waals surface area (Å²) in [6, 6.07) is 10.6. The van der Waals surface area contributed by atoms with Crippen molar-refractivity contribution in [3.05, 3.63) is 46.7 Å². The molecule has 24 heavy (non-hydrogen) atoms. The first-order valence-corrected chi connectivity index (χ1v) is 8.11. The Hall–Kier alpha value is -2.09. The van der Waals surface area contributed by atoms with Crippen LogP contribution in [0.1, 0.15) is 16.1 Å². The van der Waals surface area contributed by atoms with Gasteiger partial charge in [0.2, 0.25) is 5.91 Å². The second-order valence-corrected chi connectivity index (χ2v) is 5.64. The molecule has 0 saturated carbocycles. The molecule has 0 aliphatic heterocycles. The Balaban J connectivity index is 0.00000288. The van der Waals surface area contributed by atoms with Crippen LogP contribution in [-0.2, 0) is 4.79 Å². The van der Waals surface area contributed by atoms with Crippen LogP contribution in [0.4, 0.5) is 5.69 Å². The Morgan fingerprint density at radius 3 is 2.54 bits per heavy atom. The molecule has 0 fully saturated rings. The Morgan fingerprint density at radius 1 is 1.17 bits per heavy atom. The fourth-order valence-corrected chi connectivity index (χ4v) is 2.46. The third-order valence-corrected chi connectivity index (χ3v) is 3.78. The summed E-state index contributed by atoms with van der Waals surface area (Å²) < 4.78 is 5.36. The van der Waals surface area contributed by atoms with E-state index in [-0.39, 0.29) is 30.6 Å². The van der Waals surface area contributed by atoms with Gasteiger partial charge in [0.1, 0.15) is 12.4 Å². The van der Waals surface area contributed by atoms with Crippen molar-refractivity contribution in [1.82, 2.24) is 5.32 Å². The first kappa shape index (κ1) is 20.0. The molecule has 0 unspecified atom stereocenters. The number of amides is 2. The number of thiophene rings is 1. The largest absolute Gasteiger partial charge is 0.492 e. The molecule has 2 aromatic rings. The van der Waals surface area contributed by atoms with Gasteiger partial charge in [0, 0.05) is 25.2 Å². The van der Waals surface area contributed by atoms with Gasteiger partial charge in [-0.25, -0.2) is 0 Å². The van der Waals surface area contributed by atoms with Crippen LogP contribution in [0, 0.1) is 0 Å². The van der Waals surface area contributed by atoms with Crippen molar-refractivity contribution >= 4 is 41.2 Å². The summed E-state index contributed by atoms with van der Waals surface area (Å²) in [4.78, 5) is 24.2. The number of halogens is 1. The highest BCUT2D eigenvalue weighted by Crippen LogP contribution is 2.15. The highest BCUT2D eigenvalue weighted by Gasteiger charge is 2.07. The molecule has 0 aliphatic rings. The second-order valence-electron chi connectivity index (χ2n) is 4.69. The fraction of sp³-hybridized carbons (Fsp3) is 0.250. The van der Waals surface area contributed by atoms with Gasteiger partial charge in [-0.3, -0.25) is 9.59 Å². The van der Waals surface area contributed by atoms with E-state index in [2.05, 4.69) is 10.6 Å². The van der Waals surface area contributed by atoms with Crippen LogP contribution in [-0.4, -0.2) is 31.5 Å². The maximum atomic E-state index is 11.8. The second kappa shape index (κ2) is 10.6. The van der Waals surface area contributed by atoms with Crippen molar-refractivity contribution in [2.24, 2.45) is 5.73 Å². The number of carbonyl (C=O) groups excluding carboxylic acids is 2. The zero-order chi connectivity index (χ0) is 16.5. The smallest absolute Gasteiger partial charge is 0.261 e. The van der Waals surface area contributed by atoms with Crippen LogP contribution in [0.5, 0.6) is 5.75 Å². The zero-order valence-electron chi connectivity index (χ0n) is 13.0. The molecule has 2 amide bonds. The van der Waals surface area contributed by atoms with Crippen LogP contribution in [0.25, 0.3) is 0 Å². The van der Waals surface area contributed by atoms with E-state index in [0.717, 1.165) is 0 Å². The Morgan fingerprint density at radius 2 is 1.92 bits per heavy atom. The van der Waals surface area contributed by atoms with Crippen LogP contribution < -0.4 is 21.1 Å². The molecular weight excluding hydrogens is 350 g/mol. The van der Waals surface area contributed by atoms with Crippen molar-refractivity contribution in [3.8, 4) is 5.75 Å². The predicted molar refractivity (Wildman–Crippen MR) is 98.1 cm³/mol. The van der Waals surface area contributed by atoms with Crippen molar-refractivity contribution in [1.29, 1.82) is 0 Å². The van der Waals surface area contributed by atoms with Crippen LogP contribution >= 0.6 is 23.7 Å². The van der Waals surface area contributed by atoms with Gasteiger partial charge in [-0.2, -0.15) is 0 Å². The number of hydrogen-bond acceptors (Lipinski definition) is 5. The van der Waals surface area contributed by atoms with Crippen molar-refractivity contribution in [3.63, 3.8) is 0 Å². The lowest BCUT2D eigenvalue weighted by molar-refractivity contribution is -0.116. The Kier molecular flexibility index (Phi) is 8.85. The third-order valence-electron chi connectivity index (χ3n) is 2.91. The normalized spacial score (nSPS) is 9.71. The highest BCUT2D eigenvalue weighted by molar-refractivity contribution is 7.12. The van der Waals surface area contributed by atoms with Gasteiger partial charge in [0.15, 0.2) is 0 Å². The maximum absolute atomic E-state index is 11.8. The molecule has 130 valence electrons. The average Bonchev–Trinajstić information content (AvgIpc) is 3.08. The number of nitrogens with one attached hydrogen (secondary N) is 2. The van der Waals surface area contributed by atoms with Gasteiger partial charge in [0.05, 0.1) is 4.88 Å². The van der Waals surface area contributed by atoms with E-state index in [1.165, 1.54) is 11.3 Å². The summed E-state index contributed by atoms with van der Waals surface area (Å²) in [5.41, 5.74) is 6.04. The van der Waals surface area contributed by atoms with E-state index in [1.807, 2.05) is 11.4 Å². The summed E-state index contributed by atoms with van der Waals surface area (Å²) in [6.07, 6.45) is 0.211. The number of anilines is 1. The molecule has 6 nitrogen and oxygen atoms in total. The van der Waals surface area contributed by atoms with Crippen LogP contribution in [0.15, 0.2) is 41.8 Å². The summed E-state index contributed by atoms with van der Waals surface area (Å²) in [7, 11) is 0. The number of nitrogens with two attached hydrogens (primary N) is 1. The monoisotopic (exact) mass is 369 g/mol. The molecule has 8 heteroatoms. The number of hydrogen-bond donors (Lipinski definition) is 3. The molecular formula is C16H20ClN3O3S. The minimum Gasteiger partial charge on any atom is -0.492 e. The number of rotatable bonds is 8. The number of carbonyl (C=O) groups is 2. The summed E-state index contributed by atoms with van der Waals surface area (Å²) in [5.74, 6) is 0.387. The molecule has 2 rings (SSSR count). The number of ether oxygens (including phenoxy) is 1. The summed E-state index contributed by atoms with van der Waals surface area (Å²) in [5, 5.41) is 7.31. The molecule has 1 heterocycles. The Labute approximate surface area is 150 Å². The average molecular weight is 370 g/mol. The van der Waals surface area contributed by atoms with E-state index in [4.69, 9.17) is 10.5 Å². The van der Waals surface area contributed by atoms with Crippen LogP contribution in [0.2, 0.25) is 0 Å². The molecule has 0 spiro atoms. The van der Waals surface area contributed by atoms with Crippen molar-refractivity contribution in [2.75, 3.05) is 25.0 Å². The van der Waals surface area contributed by atoms with Crippen molar-refractivity contribution in [2.45, 2.75) is 6.42 Å². The molecule has 1 aromatic carbocycles. The lowest BCUT2D eigenvalue weighted by Gasteiger charge is -2.08. The van der Waals surface area contributed by atoms with E-state index in [0.29, 0.717) is 36.0 Å². The minimum atomic E-state index is -0.160. The highest BCUT2D eigenvalue weighted by atomic mass is 35.5. The number of benzene rings is 1. The van der Waals surface area contributed by atoms with Gasteiger partial charge in [-0.15, -0.1) is 23.7 Å². The van der Waals surface area contributed by atoms with Crippen LogP contribution in [0.3, 0.4) is 0 Å². The van der Waals surface area contributed by atoms with Gasteiger partial charge in [-0.1, -0.05) is 6.07 Å². The SMILES string of the molecule is Cl.NCCOc1ccc(NC(=O)CCNC(=O)c2cccs2)cc1. The van der Waals surface area contributed by atoms with E-state index < -0.39 is 0 Å². The lowest BCUT2D eigenvalue weighted by atomic mass is 10.3. The van der Waals surface area contributed by atoms with E-state index in [1.54, 1.807) is 30.3 Å². The molecule has 0 atom stereocenters. The van der Waals surface area contributed by atoms with Gasteiger partial charge in [0.25, 0.3) is 5.91 Å². The van der Waals surface area contributed by atoms with E-state index >= 15 is 0 Å². The fourth-order valence-electron chi connectivity index (χ4n) is 1.82. The molecule has 1 aromatic heterocycles. The van der Waals surface area contributed by atoms with Gasteiger partial charge in [-0.05, 0) is 35.7 Å². The third kappa shape index (κ3) is 6.57. The van der Waals surface area contributed by atoms with E-state index in [9.17, 15) is 9.59 Å².